The van der Waals surface area contributed by atoms with Crippen LogP contribution < -0.4 is 14.2 Å². The fraction of sp³-hybridized carbons (Fsp3) is 0.208. The van der Waals surface area contributed by atoms with Gasteiger partial charge in [-0.15, -0.1) is 0 Å². The second-order valence-corrected chi connectivity index (χ2v) is 8.53. The molecule has 0 radical (unpaired) electrons. The van der Waals surface area contributed by atoms with E-state index >= 15 is 0 Å². The van der Waals surface area contributed by atoms with E-state index in [1.165, 1.54) is 0 Å². The molecular weight excluding hydrogens is 524 g/mol. The van der Waals surface area contributed by atoms with Gasteiger partial charge in [0.25, 0.3) is 0 Å². The quantitative estimate of drug-likeness (QED) is 0.237. The lowest BCUT2D eigenvalue weighted by molar-refractivity contribution is 0.257. The van der Waals surface area contributed by atoms with Crippen LogP contribution in [0.4, 0.5) is 0 Å². The van der Waals surface area contributed by atoms with Gasteiger partial charge in [0.2, 0.25) is 5.88 Å². The number of rotatable bonds is 9. The maximum Gasteiger partial charge on any atom is 0.212 e. The number of para-hydroxylation sites is 1. The Hall–Kier alpha value is -2.51. The van der Waals surface area contributed by atoms with Gasteiger partial charge in [0.15, 0.2) is 0 Å². The summed E-state index contributed by atoms with van der Waals surface area (Å²) in [7, 11) is 0. The molecule has 0 saturated heterocycles. The van der Waals surface area contributed by atoms with E-state index in [4.69, 9.17) is 14.2 Å². The highest BCUT2D eigenvalue weighted by molar-refractivity contribution is 9.11. The average Bonchev–Trinajstić information content (AvgIpc) is 3.16. The molecule has 0 unspecified atom stereocenters. The van der Waals surface area contributed by atoms with Crippen LogP contribution in [0.25, 0.3) is 10.8 Å². The Morgan fingerprint density at radius 2 is 1.74 bits per heavy atom. The first-order chi connectivity index (χ1) is 15.1. The number of halogens is 2. The molecule has 31 heavy (non-hydrogen) atoms. The molecule has 0 atom stereocenters. The Kier molecular flexibility index (Phi) is 7.14. The lowest BCUT2D eigenvalue weighted by atomic mass is 10.1. The molecule has 0 saturated carbocycles. The summed E-state index contributed by atoms with van der Waals surface area (Å²) in [5, 5.41) is 6.87. The van der Waals surface area contributed by atoms with Crippen LogP contribution in [0.5, 0.6) is 17.4 Å². The van der Waals surface area contributed by atoms with Crippen molar-refractivity contribution in [2.45, 2.75) is 20.1 Å². The predicted octanol–water partition coefficient (Wildman–Crippen LogP) is 6.62. The molecule has 160 valence electrons. The summed E-state index contributed by atoms with van der Waals surface area (Å²) < 4.78 is 21.4. The van der Waals surface area contributed by atoms with Crippen molar-refractivity contribution in [1.29, 1.82) is 0 Å². The maximum absolute atomic E-state index is 6.04. The molecule has 0 fully saturated rings. The van der Waals surface area contributed by atoms with Crippen molar-refractivity contribution in [2.24, 2.45) is 0 Å². The van der Waals surface area contributed by atoms with Gasteiger partial charge < -0.3 is 14.2 Å². The Morgan fingerprint density at radius 3 is 2.55 bits per heavy atom. The minimum atomic E-state index is 0.379. The van der Waals surface area contributed by atoms with E-state index in [2.05, 4.69) is 55.2 Å². The molecule has 0 N–H and O–H groups in total. The highest BCUT2D eigenvalue weighted by Crippen LogP contribution is 2.34. The van der Waals surface area contributed by atoms with E-state index in [1.54, 1.807) is 0 Å². The second-order valence-electron chi connectivity index (χ2n) is 6.82. The molecule has 0 amide bonds. The van der Waals surface area contributed by atoms with Gasteiger partial charge in [0.1, 0.15) is 30.4 Å². The number of fused-ring (bicyclic) bond motifs is 1. The number of aromatic nitrogens is 2. The van der Waals surface area contributed by atoms with Crippen molar-refractivity contribution >= 4 is 42.6 Å². The Balaban J connectivity index is 1.41. The minimum Gasteiger partial charge on any atom is -0.490 e. The van der Waals surface area contributed by atoms with E-state index in [9.17, 15) is 0 Å². The summed E-state index contributed by atoms with van der Waals surface area (Å²) in [6.45, 7) is 3.92. The highest BCUT2D eigenvalue weighted by Gasteiger charge is 2.11. The molecular formula is C24H22Br2N2O3. The maximum atomic E-state index is 6.04. The molecule has 0 aliphatic carbocycles. The van der Waals surface area contributed by atoms with Crippen LogP contribution in [0, 0.1) is 0 Å². The SMILES string of the molecule is CCOc1cc(COc2ccccc2)nn1CCOc1ccc2cc(Br)ccc2c1Br. The van der Waals surface area contributed by atoms with Gasteiger partial charge >= 0.3 is 0 Å². The third kappa shape index (κ3) is 5.40. The summed E-state index contributed by atoms with van der Waals surface area (Å²) >= 11 is 7.19. The van der Waals surface area contributed by atoms with Crippen molar-refractivity contribution in [1.82, 2.24) is 9.78 Å². The van der Waals surface area contributed by atoms with Crippen LogP contribution in [-0.4, -0.2) is 23.0 Å². The molecule has 0 spiro atoms. The topological polar surface area (TPSA) is 45.5 Å². The first-order valence-electron chi connectivity index (χ1n) is 10.0. The zero-order valence-electron chi connectivity index (χ0n) is 17.1. The third-order valence-electron chi connectivity index (χ3n) is 4.66. The second kappa shape index (κ2) is 10.2. The van der Waals surface area contributed by atoms with E-state index in [0.717, 1.165) is 36.9 Å². The van der Waals surface area contributed by atoms with E-state index in [1.807, 2.05) is 60.1 Å². The zero-order valence-corrected chi connectivity index (χ0v) is 20.2. The van der Waals surface area contributed by atoms with Gasteiger partial charge in [-0.1, -0.05) is 46.3 Å². The Bertz CT molecular complexity index is 1160. The largest absolute Gasteiger partial charge is 0.490 e. The van der Waals surface area contributed by atoms with Crippen LogP contribution in [0.2, 0.25) is 0 Å². The molecule has 4 aromatic rings. The summed E-state index contributed by atoms with van der Waals surface area (Å²) in [5.41, 5.74) is 0.810. The van der Waals surface area contributed by atoms with Crippen LogP contribution in [0.1, 0.15) is 12.6 Å². The minimum absolute atomic E-state index is 0.379. The fourth-order valence-corrected chi connectivity index (χ4v) is 4.20. The van der Waals surface area contributed by atoms with E-state index in [-0.39, 0.29) is 0 Å². The van der Waals surface area contributed by atoms with Gasteiger partial charge in [-0.3, -0.25) is 0 Å². The van der Waals surface area contributed by atoms with Crippen LogP contribution in [0.3, 0.4) is 0 Å². The number of hydrogen-bond acceptors (Lipinski definition) is 4. The van der Waals surface area contributed by atoms with Crippen molar-refractivity contribution in [3.8, 4) is 17.4 Å². The molecule has 3 aromatic carbocycles. The molecule has 0 bridgehead atoms. The normalized spacial score (nSPS) is 10.9. The third-order valence-corrected chi connectivity index (χ3v) is 5.97. The van der Waals surface area contributed by atoms with Gasteiger partial charge in [-0.05, 0) is 64.0 Å². The zero-order chi connectivity index (χ0) is 21.6. The molecule has 1 heterocycles. The van der Waals surface area contributed by atoms with Crippen molar-refractivity contribution in [2.75, 3.05) is 13.2 Å². The van der Waals surface area contributed by atoms with Gasteiger partial charge in [-0.25, -0.2) is 4.68 Å². The lowest BCUT2D eigenvalue weighted by Crippen LogP contribution is -2.12. The molecule has 1 aromatic heterocycles. The number of nitrogens with zero attached hydrogens (tertiary/aromatic N) is 2. The molecule has 0 aliphatic rings. The van der Waals surface area contributed by atoms with Gasteiger partial charge in [-0.2, -0.15) is 5.10 Å². The fourth-order valence-electron chi connectivity index (χ4n) is 3.22. The van der Waals surface area contributed by atoms with E-state index < -0.39 is 0 Å². The molecule has 7 heteroatoms. The lowest BCUT2D eigenvalue weighted by Gasteiger charge is -2.12. The average molecular weight is 546 g/mol. The Labute approximate surface area is 198 Å². The number of benzene rings is 3. The van der Waals surface area contributed by atoms with Crippen LogP contribution in [-0.2, 0) is 13.2 Å². The first kappa shape index (κ1) is 21.7. The monoisotopic (exact) mass is 544 g/mol. The van der Waals surface area contributed by atoms with Crippen LogP contribution in [0.15, 0.2) is 75.7 Å². The van der Waals surface area contributed by atoms with Crippen molar-refractivity contribution < 1.29 is 14.2 Å². The van der Waals surface area contributed by atoms with Crippen molar-refractivity contribution in [3.05, 3.63) is 81.4 Å². The highest BCUT2D eigenvalue weighted by atomic mass is 79.9. The predicted molar refractivity (Wildman–Crippen MR) is 129 cm³/mol. The van der Waals surface area contributed by atoms with Crippen LogP contribution >= 0.6 is 31.9 Å². The summed E-state index contributed by atoms with van der Waals surface area (Å²) in [5.74, 6) is 2.32. The Morgan fingerprint density at radius 1 is 0.903 bits per heavy atom. The first-order valence-corrected chi connectivity index (χ1v) is 11.6. The molecule has 4 rings (SSSR count). The van der Waals surface area contributed by atoms with Gasteiger partial charge in [0.05, 0.1) is 17.6 Å². The smallest absolute Gasteiger partial charge is 0.212 e. The number of ether oxygens (including phenoxy) is 3. The molecule has 0 aliphatic heterocycles. The van der Waals surface area contributed by atoms with Crippen molar-refractivity contribution in [3.63, 3.8) is 0 Å². The van der Waals surface area contributed by atoms with Gasteiger partial charge in [0, 0.05) is 10.5 Å². The summed E-state index contributed by atoms with van der Waals surface area (Å²) in [6.07, 6.45) is 0. The number of hydrogen-bond donors (Lipinski definition) is 0. The standard InChI is InChI=1S/C24H22Br2N2O3/c1-2-29-23-15-19(16-31-20-6-4-3-5-7-20)27-28(23)12-13-30-22-11-8-17-14-18(25)9-10-21(17)24(22)26/h3-11,14-15H,2,12-13,16H2,1H3. The van der Waals surface area contributed by atoms with E-state index in [0.29, 0.717) is 32.2 Å². The summed E-state index contributed by atoms with van der Waals surface area (Å²) in [6, 6.07) is 21.8. The summed E-state index contributed by atoms with van der Waals surface area (Å²) in [4.78, 5) is 0. The molecule has 5 nitrogen and oxygen atoms in total.